The monoisotopic (exact) mass is 328 g/mol. The van der Waals surface area contributed by atoms with Crippen molar-refractivity contribution in [3.8, 4) is 0 Å². The van der Waals surface area contributed by atoms with Crippen molar-refractivity contribution in [2.45, 2.75) is 32.3 Å². The number of hydrogen-bond acceptors (Lipinski definition) is 4. The highest BCUT2D eigenvalue weighted by molar-refractivity contribution is 5.81. The van der Waals surface area contributed by atoms with Crippen molar-refractivity contribution in [1.29, 1.82) is 0 Å². The van der Waals surface area contributed by atoms with Gasteiger partial charge in [0.2, 0.25) is 0 Å². The van der Waals surface area contributed by atoms with E-state index in [1.54, 1.807) is 7.05 Å². The summed E-state index contributed by atoms with van der Waals surface area (Å²) < 4.78 is 5.79. The topological polar surface area (TPSA) is 59.6 Å². The molecule has 2 aromatic rings. The number of ether oxygens (including phenoxy) is 1. The number of nitrogens with one attached hydrogen (secondary N) is 2. The number of carbonyl (C=O) groups excluding carboxylic acids is 1. The van der Waals surface area contributed by atoms with Crippen molar-refractivity contribution in [3.05, 3.63) is 71.8 Å². The maximum Gasteiger partial charge on any atom is 0.263 e. The molecule has 5 heteroatoms. The Kier molecular flexibility index (Phi) is 7.42. The summed E-state index contributed by atoms with van der Waals surface area (Å²) in [6, 6.07) is 19.0. The van der Waals surface area contributed by atoms with Crippen molar-refractivity contribution in [3.63, 3.8) is 0 Å². The molecular formula is C19H24N2O3. The van der Waals surface area contributed by atoms with E-state index >= 15 is 0 Å². The minimum Gasteiger partial charge on any atom is -0.372 e. The molecule has 2 N–H and O–H groups in total. The van der Waals surface area contributed by atoms with Crippen LogP contribution in [0, 0.1) is 0 Å². The Morgan fingerprint density at radius 3 is 2.04 bits per heavy atom. The van der Waals surface area contributed by atoms with Gasteiger partial charge in [-0.05, 0) is 25.1 Å². The van der Waals surface area contributed by atoms with Crippen molar-refractivity contribution in [2.24, 2.45) is 0 Å². The maximum absolute atomic E-state index is 12.2. The van der Waals surface area contributed by atoms with Gasteiger partial charge in [-0.15, -0.1) is 0 Å². The van der Waals surface area contributed by atoms with E-state index in [4.69, 9.17) is 9.57 Å². The molecule has 0 aliphatic heterocycles. The third-order valence-electron chi connectivity index (χ3n) is 3.67. The molecule has 0 saturated carbocycles. The first-order valence-electron chi connectivity index (χ1n) is 7.99. The standard InChI is InChI=1S/C19H24N2O3/c1-15(23-13-16-9-5-3-6-10-16)18(20-2)19(22)21-24-14-17-11-7-4-8-12-17/h3-12,15,18,20H,13-14H2,1-2H3,(H,21,22). The lowest BCUT2D eigenvalue weighted by Gasteiger charge is -2.23. The fraction of sp³-hybridized carbons (Fsp3) is 0.316. The van der Waals surface area contributed by atoms with Crippen LogP contribution in [0.2, 0.25) is 0 Å². The number of rotatable bonds is 9. The zero-order chi connectivity index (χ0) is 17.2. The van der Waals surface area contributed by atoms with Crippen LogP contribution < -0.4 is 10.8 Å². The van der Waals surface area contributed by atoms with Crippen molar-refractivity contribution < 1.29 is 14.4 Å². The minimum absolute atomic E-state index is 0.256. The van der Waals surface area contributed by atoms with Crippen molar-refractivity contribution in [1.82, 2.24) is 10.8 Å². The van der Waals surface area contributed by atoms with Crippen molar-refractivity contribution >= 4 is 5.91 Å². The summed E-state index contributed by atoms with van der Waals surface area (Å²) in [5, 5.41) is 2.97. The summed E-state index contributed by atoms with van der Waals surface area (Å²) >= 11 is 0. The van der Waals surface area contributed by atoms with E-state index in [2.05, 4.69) is 10.8 Å². The number of likely N-dealkylation sites (N-methyl/N-ethyl adjacent to an activating group) is 1. The molecule has 2 rings (SSSR count). The second-order valence-electron chi connectivity index (χ2n) is 5.51. The molecule has 128 valence electrons. The molecule has 0 aliphatic carbocycles. The zero-order valence-electron chi connectivity index (χ0n) is 14.1. The smallest absolute Gasteiger partial charge is 0.263 e. The molecule has 2 aromatic carbocycles. The number of carbonyl (C=O) groups is 1. The van der Waals surface area contributed by atoms with Crippen LogP contribution in [-0.4, -0.2) is 25.1 Å². The maximum atomic E-state index is 12.2. The van der Waals surface area contributed by atoms with Crippen LogP contribution in [0.5, 0.6) is 0 Å². The molecule has 0 bridgehead atoms. The van der Waals surface area contributed by atoms with E-state index in [-0.39, 0.29) is 12.0 Å². The largest absolute Gasteiger partial charge is 0.372 e. The first kappa shape index (κ1) is 18.1. The molecule has 0 radical (unpaired) electrons. The molecule has 0 aliphatic rings. The molecule has 0 heterocycles. The number of amides is 1. The van der Waals surface area contributed by atoms with E-state index in [9.17, 15) is 4.79 Å². The predicted molar refractivity (Wildman–Crippen MR) is 92.9 cm³/mol. The van der Waals surface area contributed by atoms with E-state index in [0.29, 0.717) is 13.2 Å². The third-order valence-corrected chi connectivity index (χ3v) is 3.67. The lowest BCUT2D eigenvalue weighted by molar-refractivity contribution is -0.140. The van der Waals surface area contributed by atoms with Crippen LogP contribution in [-0.2, 0) is 27.6 Å². The van der Waals surface area contributed by atoms with Crippen LogP contribution in [0.3, 0.4) is 0 Å². The van der Waals surface area contributed by atoms with Gasteiger partial charge in [-0.25, -0.2) is 5.48 Å². The Bertz CT molecular complexity index is 605. The SMILES string of the molecule is CNC(C(=O)NOCc1ccccc1)C(C)OCc1ccccc1. The average Bonchev–Trinajstić information content (AvgIpc) is 2.62. The molecule has 0 aromatic heterocycles. The Balaban J connectivity index is 1.77. The number of hydroxylamine groups is 1. The van der Waals surface area contributed by atoms with Gasteiger partial charge in [0, 0.05) is 0 Å². The van der Waals surface area contributed by atoms with E-state index in [1.807, 2.05) is 67.6 Å². The highest BCUT2D eigenvalue weighted by Crippen LogP contribution is 2.06. The van der Waals surface area contributed by atoms with Gasteiger partial charge < -0.3 is 10.1 Å². The summed E-state index contributed by atoms with van der Waals surface area (Å²) in [4.78, 5) is 17.5. The van der Waals surface area contributed by atoms with Gasteiger partial charge in [0.05, 0.1) is 19.3 Å². The van der Waals surface area contributed by atoms with Gasteiger partial charge in [-0.3, -0.25) is 9.63 Å². The quantitative estimate of drug-likeness (QED) is 0.694. The molecule has 24 heavy (non-hydrogen) atoms. The van der Waals surface area contributed by atoms with Crippen LogP contribution in [0.15, 0.2) is 60.7 Å². The fourth-order valence-corrected chi connectivity index (χ4v) is 2.31. The van der Waals surface area contributed by atoms with Gasteiger partial charge in [0.1, 0.15) is 6.04 Å². The zero-order valence-corrected chi connectivity index (χ0v) is 14.1. The summed E-state index contributed by atoms with van der Waals surface area (Å²) in [7, 11) is 1.73. The second-order valence-corrected chi connectivity index (χ2v) is 5.51. The first-order valence-corrected chi connectivity index (χ1v) is 7.99. The van der Waals surface area contributed by atoms with Crippen LogP contribution in [0.4, 0.5) is 0 Å². The second kappa shape index (κ2) is 9.82. The normalized spacial score (nSPS) is 13.2. The van der Waals surface area contributed by atoms with Gasteiger partial charge >= 0.3 is 0 Å². The Morgan fingerprint density at radius 1 is 0.958 bits per heavy atom. The highest BCUT2D eigenvalue weighted by atomic mass is 16.7. The molecule has 0 spiro atoms. The molecule has 5 nitrogen and oxygen atoms in total. The summed E-state index contributed by atoms with van der Waals surface area (Å²) in [6.07, 6.45) is -0.296. The fourth-order valence-electron chi connectivity index (χ4n) is 2.31. The molecule has 2 atom stereocenters. The predicted octanol–water partition coefficient (Wildman–Crippen LogP) is 2.43. The van der Waals surface area contributed by atoms with E-state index in [1.165, 1.54) is 0 Å². The number of hydrogen-bond donors (Lipinski definition) is 2. The third kappa shape index (κ3) is 5.77. The molecule has 0 saturated heterocycles. The van der Waals surface area contributed by atoms with Gasteiger partial charge in [0.15, 0.2) is 0 Å². The van der Waals surface area contributed by atoms with Gasteiger partial charge in [-0.2, -0.15) is 0 Å². The first-order chi connectivity index (χ1) is 11.7. The lowest BCUT2D eigenvalue weighted by atomic mass is 10.1. The van der Waals surface area contributed by atoms with Gasteiger partial charge in [0.25, 0.3) is 5.91 Å². The summed E-state index contributed by atoms with van der Waals surface area (Å²) in [6.45, 7) is 2.64. The lowest BCUT2D eigenvalue weighted by Crippen LogP contribution is -2.49. The van der Waals surface area contributed by atoms with Crippen LogP contribution in [0.1, 0.15) is 18.1 Å². The molecular weight excluding hydrogens is 304 g/mol. The summed E-state index contributed by atoms with van der Waals surface area (Å²) in [5.74, 6) is -0.256. The number of benzene rings is 2. The van der Waals surface area contributed by atoms with Crippen LogP contribution >= 0.6 is 0 Å². The van der Waals surface area contributed by atoms with E-state index < -0.39 is 6.04 Å². The molecule has 0 fully saturated rings. The Labute approximate surface area is 142 Å². The molecule has 2 unspecified atom stereocenters. The van der Waals surface area contributed by atoms with Crippen molar-refractivity contribution in [2.75, 3.05) is 7.05 Å². The highest BCUT2D eigenvalue weighted by Gasteiger charge is 2.24. The average molecular weight is 328 g/mol. The van der Waals surface area contributed by atoms with E-state index in [0.717, 1.165) is 11.1 Å². The minimum atomic E-state index is -0.496. The summed E-state index contributed by atoms with van der Waals surface area (Å²) in [5.41, 5.74) is 4.54. The Morgan fingerprint density at radius 2 is 1.50 bits per heavy atom. The molecule has 1 amide bonds. The van der Waals surface area contributed by atoms with Crippen LogP contribution in [0.25, 0.3) is 0 Å². The Hall–Kier alpha value is -2.21. The van der Waals surface area contributed by atoms with Gasteiger partial charge in [-0.1, -0.05) is 60.7 Å².